The van der Waals surface area contributed by atoms with Gasteiger partial charge in [-0.25, -0.2) is 14.5 Å². The number of halogens is 2. The van der Waals surface area contributed by atoms with Crippen molar-refractivity contribution in [3.63, 3.8) is 0 Å². The Morgan fingerprint density at radius 1 is 1.07 bits per heavy atom. The van der Waals surface area contributed by atoms with Crippen LogP contribution in [-0.4, -0.2) is 40.3 Å². The number of Topliss-reactive ketones (excluding diaryl/α,β-unsaturated/α-hetero) is 1. The van der Waals surface area contributed by atoms with Gasteiger partial charge in [0.05, 0.1) is 16.6 Å². The standard InChI is InChI=1S/C20H18Cl2N2O4/c1-13(25)18-11-23(10-15-7-8-16(21)17(22)9-15)19(26)24(18)20(27)28-12-14-5-3-2-4-6-14/h2-9,18H,10-12H2,1H3/t18-/m0/s1. The molecule has 0 spiro atoms. The minimum atomic E-state index is -0.890. The Kier molecular flexibility index (Phi) is 6.21. The Hall–Kier alpha value is -2.57. The van der Waals surface area contributed by atoms with Gasteiger partial charge >= 0.3 is 12.1 Å². The second kappa shape index (κ2) is 8.63. The average molecular weight is 421 g/mol. The summed E-state index contributed by atoms with van der Waals surface area (Å²) < 4.78 is 5.24. The minimum Gasteiger partial charge on any atom is -0.444 e. The molecule has 1 aliphatic rings. The molecular weight excluding hydrogens is 403 g/mol. The summed E-state index contributed by atoms with van der Waals surface area (Å²) in [6.07, 6.45) is -0.842. The Bertz CT molecular complexity index is 904. The van der Waals surface area contributed by atoms with E-state index in [1.807, 2.05) is 18.2 Å². The van der Waals surface area contributed by atoms with Gasteiger partial charge in [0.25, 0.3) is 0 Å². The second-order valence-corrected chi connectivity index (χ2v) is 7.26. The molecule has 0 radical (unpaired) electrons. The smallest absolute Gasteiger partial charge is 0.419 e. The molecule has 1 atom stereocenters. The summed E-state index contributed by atoms with van der Waals surface area (Å²) in [7, 11) is 0. The number of hydrogen-bond donors (Lipinski definition) is 0. The molecule has 0 bridgehead atoms. The van der Waals surface area contributed by atoms with E-state index in [1.54, 1.807) is 30.3 Å². The number of ether oxygens (including phenoxy) is 1. The van der Waals surface area contributed by atoms with Crippen LogP contribution in [0.5, 0.6) is 0 Å². The highest BCUT2D eigenvalue weighted by Gasteiger charge is 2.44. The number of benzene rings is 2. The number of urea groups is 1. The Balaban J connectivity index is 1.72. The molecule has 1 heterocycles. The molecule has 2 aromatic carbocycles. The number of nitrogens with zero attached hydrogens (tertiary/aromatic N) is 2. The van der Waals surface area contributed by atoms with Gasteiger partial charge in [-0.15, -0.1) is 0 Å². The highest BCUT2D eigenvalue weighted by atomic mass is 35.5. The molecule has 8 heteroatoms. The van der Waals surface area contributed by atoms with Crippen molar-refractivity contribution in [1.29, 1.82) is 0 Å². The van der Waals surface area contributed by atoms with Crippen molar-refractivity contribution in [1.82, 2.24) is 9.80 Å². The van der Waals surface area contributed by atoms with Crippen LogP contribution in [0.25, 0.3) is 0 Å². The fourth-order valence-corrected chi connectivity index (χ4v) is 3.27. The lowest BCUT2D eigenvalue weighted by Gasteiger charge is -2.19. The molecule has 1 aliphatic heterocycles. The van der Waals surface area contributed by atoms with Gasteiger partial charge in [0.1, 0.15) is 12.6 Å². The molecule has 6 nitrogen and oxygen atoms in total. The molecule has 2 aromatic rings. The van der Waals surface area contributed by atoms with E-state index < -0.39 is 18.2 Å². The highest BCUT2D eigenvalue weighted by molar-refractivity contribution is 6.42. The van der Waals surface area contributed by atoms with Crippen LogP contribution in [0, 0.1) is 0 Å². The van der Waals surface area contributed by atoms with Gasteiger partial charge < -0.3 is 9.64 Å². The minimum absolute atomic E-state index is 0.0148. The first-order valence-corrected chi connectivity index (χ1v) is 9.35. The summed E-state index contributed by atoms with van der Waals surface area (Å²) in [5.74, 6) is -0.290. The lowest BCUT2D eigenvalue weighted by Crippen LogP contribution is -2.43. The van der Waals surface area contributed by atoms with E-state index in [1.165, 1.54) is 11.8 Å². The van der Waals surface area contributed by atoms with E-state index >= 15 is 0 Å². The van der Waals surface area contributed by atoms with E-state index in [0.717, 1.165) is 16.0 Å². The van der Waals surface area contributed by atoms with Crippen LogP contribution in [0.2, 0.25) is 10.0 Å². The van der Waals surface area contributed by atoms with Gasteiger partial charge in [-0.05, 0) is 30.2 Å². The Morgan fingerprint density at radius 3 is 2.43 bits per heavy atom. The third-order valence-electron chi connectivity index (χ3n) is 4.41. The molecule has 0 aliphatic carbocycles. The third kappa shape index (κ3) is 4.46. The van der Waals surface area contributed by atoms with Crippen LogP contribution in [0.15, 0.2) is 48.5 Å². The topological polar surface area (TPSA) is 66.9 Å². The summed E-state index contributed by atoms with van der Waals surface area (Å²) in [5, 5.41) is 0.777. The quantitative estimate of drug-likeness (QED) is 0.712. The van der Waals surface area contributed by atoms with Crippen LogP contribution in [0.4, 0.5) is 9.59 Å². The van der Waals surface area contributed by atoms with Crippen LogP contribution >= 0.6 is 23.2 Å². The number of imide groups is 1. The lowest BCUT2D eigenvalue weighted by molar-refractivity contribution is -0.120. The Morgan fingerprint density at radius 2 is 1.79 bits per heavy atom. The zero-order chi connectivity index (χ0) is 20.3. The molecular formula is C20H18Cl2N2O4. The van der Waals surface area contributed by atoms with E-state index in [-0.39, 0.29) is 25.5 Å². The molecule has 0 unspecified atom stereocenters. The summed E-state index contributed by atoms with van der Waals surface area (Å²) in [4.78, 5) is 39.6. The van der Waals surface area contributed by atoms with Gasteiger partial charge in [0.2, 0.25) is 0 Å². The zero-order valence-electron chi connectivity index (χ0n) is 15.1. The second-order valence-electron chi connectivity index (χ2n) is 6.45. The van der Waals surface area contributed by atoms with Crippen molar-refractivity contribution in [2.75, 3.05) is 6.54 Å². The summed E-state index contributed by atoms with van der Waals surface area (Å²) in [6, 6.07) is 12.6. The van der Waals surface area contributed by atoms with Crippen LogP contribution < -0.4 is 0 Å². The number of rotatable bonds is 5. The predicted molar refractivity (Wildman–Crippen MR) is 105 cm³/mol. The normalized spacial score (nSPS) is 16.4. The van der Waals surface area contributed by atoms with Gasteiger partial charge in [0, 0.05) is 6.54 Å². The molecule has 0 saturated carbocycles. The fourth-order valence-electron chi connectivity index (χ4n) is 2.95. The first kappa shape index (κ1) is 20.2. The van der Waals surface area contributed by atoms with Crippen LogP contribution in [0.3, 0.4) is 0 Å². The number of ketones is 1. The Labute approximate surface area is 172 Å². The molecule has 3 rings (SSSR count). The van der Waals surface area contributed by atoms with Crippen molar-refractivity contribution >= 4 is 41.1 Å². The maximum atomic E-state index is 12.8. The largest absolute Gasteiger partial charge is 0.444 e. The van der Waals surface area contributed by atoms with Gasteiger partial charge in [-0.3, -0.25) is 4.79 Å². The van der Waals surface area contributed by atoms with Crippen molar-refractivity contribution in [2.45, 2.75) is 26.1 Å². The first-order valence-electron chi connectivity index (χ1n) is 8.60. The maximum absolute atomic E-state index is 12.8. The van der Waals surface area contributed by atoms with Crippen molar-refractivity contribution in [3.05, 3.63) is 69.7 Å². The lowest BCUT2D eigenvalue weighted by atomic mass is 10.2. The first-order chi connectivity index (χ1) is 13.4. The highest BCUT2D eigenvalue weighted by Crippen LogP contribution is 2.26. The number of amides is 3. The summed E-state index contributed by atoms with van der Waals surface area (Å²) in [5.41, 5.74) is 1.53. The molecule has 0 N–H and O–H groups in total. The number of carbonyl (C=O) groups is 3. The van der Waals surface area contributed by atoms with E-state index in [2.05, 4.69) is 0 Å². The molecule has 1 fully saturated rings. The van der Waals surface area contributed by atoms with Crippen molar-refractivity contribution in [2.24, 2.45) is 0 Å². The number of hydrogen-bond acceptors (Lipinski definition) is 4. The maximum Gasteiger partial charge on any atom is 0.419 e. The molecule has 1 saturated heterocycles. The molecule has 28 heavy (non-hydrogen) atoms. The number of carbonyl (C=O) groups excluding carboxylic acids is 3. The van der Waals surface area contributed by atoms with Gasteiger partial charge in [-0.2, -0.15) is 0 Å². The van der Waals surface area contributed by atoms with Crippen LogP contribution in [-0.2, 0) is 22.7 Å². The summed E-state index contributed by atoms with van der Waals surface area (Å²) >= 11 is 11.9. The molecule has 3 amide bonds. The van der Waals surface area contributed by atoms with E-state index in [9.17, 15) is 14.4 Å². The third-order valence-corrected chi connectivity index (χ3v) is 5.15. The van der Waals surface area contributed by atoms with E-state index in [0.29, 0.717) is 10.0 Å². The zero-order valence-corrected chi connectivity index (χ0v) is 16.6. The molecule has 146 valence electrons. The molecule has 0 aromatic heterocycles. The SMILES string of the molecule is CC(=O)[C@@H]1CN(Cc2ccc(Cl)c(Cl)c2)C(=O)N1C(=O)OCc1ccccc1. The van der Waals surface area contributed by atoms with Gasteiger partial charge in [0.15, 0.2) is 5.78 Å². The average Bonchev–Trinajstić information content (AvgIpc) is 3.00. The predicted octanol–water partition coefficient (Wildman–Crippen LogP) is 4.53. The summed E-state index contributed by atoms with van der Waals surface area (Å²) in [6.45, 7) is 1.65. The van der Waals surface area contributed by atoms with Gasteiger partial charge in [-0.1, -0.05) is 59.6 Å². The fraction of sp³-hybridized carbons (Fsp3) is 0.250. The van der Waals surface area contributed by atoms with E-state index in [4.69, 9.17) is 27.9 Å². The van der Waals surface area contributed by atoms with Crippen molar-refractivity contribution in [3.8, 4) is 0 Å². The van der Waals surface area contributed by atoms with Crippen LogP contribution in [0.1, 0.15) is 18.1 Å². The monoisotopic (exact) mass is 420 g/mol. The van der Waals surface area contributed by atoms with Crippen molar-refractivity contribution < 1.29 is 19.1 Å².